The van der Waals surface area contributed by atoms with Crippen molar-refractivity contribution in [3.63, 3.8) is 0 Å². The van der Waals surface area contributed by atoms with E-state index in [1.165, 1.54) is 11.6 Å². The minimum atomic E-state index is 0.0637. The normalized spacial score (nSPS) is 12.1. The van der Waals surface area contributed by atoms with Crippen LogP contribution < -0.4 is 5.32 Å². The van der Waals surface area contributed by atoms with Gasteiger partial charge in [0, 0.05) is 12.1 Å². The Bertz CT molecular complexity index is 511. The highest BCUT2D eigenvalue weighted by Crippen LogP contribution is 2.28. The summed E-state index contributed by atoms with van der Waals surface area (Å²) in [6.45, 7) is 2.05. The summed E-state index contributed by atoms with van der Waals surface area (Å²) in [6, 6.07) is 14.9. The topological polar surface area (TPSA) is 52.5 Å². The Labute approximate surface area is 107 Å². The van der Waals surface area contributed by atoms with Gasteiger partial charge in [0.2, 0.25) is 0 Å². The lowest BCUT2D eigenvalue weighted by atomic mass is 10.1. The molecule has 0 aliphatic rings. The molecule has 0 bridgehead atoms. The molecule has 0 aromatic heterocycles. The third-order valence-corrected chi connectivity index (χ3v) is 2.77. The molecule has 3 heteroatoms. The maximum Gasteiger partial charge on any atom is 0.142 e. The van der Waals surface area contributed by atoms with Crippen LogP contribution in [0.25, 0.3) is 0 Å². The summed E-state index contributed by atoms with van der Waals surface area (Å²) < 4.78 is 0. The molecule has 2 aromatic carbocycles. The molecular formula is C15H17NO2. The Balaban J connectivity index is 2.01. The summed E-state index contributed by atoms with van der Waals surface area (Å²) >= 11 is 0. The van der Waals surface area contributed by atoms with Crippen LogP contribution in [0.1, 0.15) is 12.5 Å². The van der Waals surface area contributed by atoms with Crippen LogP contribution in [-0.4, -0.2) is 16.3 Å². The summed E-state index contributed by atoms with van der Waals surface area (Å²) in [5.74, 6) is 0.128. The number of rotatable bonds is 4. The van der Waals surface area contributed by atoms with Crippen LogP contribution in [0.3, 0.4) is 0 Å². The predicted octanol–water partition coefficient (Wildman–Crippen LogP) is 3.14. The van der Waals surface area contributed by atoms with Gasteiger partial charge in [-0.2, -0.15) is 0 Å². The Kier molecular flexibility index (Phi) is 3.72. The standard InChI is InChI=1S/C15H17NO2/c1-11(9-12-5-3-2-4-6-12)16-14-8-7-13(17)10-15(14)18/h2-8,10-11,16-18H,9H2,1H3. The van der Waals surface area contributed by atoms with E-state index in [-0.39, 0.29) is 17.5 Å². The van der Waals surface area contributed by atoms with E-state index in [1.807, 2.05) is 18.2 Å². The zero-order valence-electron chi connectivity index (χ0n) is 10.3. The van der Waals surface area contributed by atoms with E-state index in [4.69, 9.17) is 0 Å². The number of aromatic hydroxyl groups is 2. The van der Waals surface area contributed by atoms with Gasteiger partial charge in [0.1, 0.15) is 11.5 Å². The van der Waals surface area contributed by atoms with E-state index < -0.39 is 0 Å². The lowest BCUT2D eigenvalue weighted by molar-refractivity contribution is 0.451. The highest BCUT2D eigenvalue weighted by molar-refractivity contribution is 5.58. The van der Waals surface area contributed by atoms with Crippen molar-refractivity contribution in [1.82, 2.24) is 0 Å². The molecule has 0 heterocycles. The van der Waals surface area contributed by atoms with Gasteiger partial charge in [-0.3, -0.25) is 0 Å². The number of anilines is 1. The molecule has 0 radical (unpaired) electrons. The molecule has 3 nitrogen and oxygen atoms in total. The van der Waals surface area contributed by atoms with Gasteiger partial charge >= 0.3 is 0 Å². The van der Waals surface area contributed by atoms with E-state index in [1.54, 1.807) is 12.1 Å². The molecular weight excluding hydrogens is 226 g/mol. The van der Waals surface area contributed by atoms with Crippen LogP contribution in [-0.2, 0) is 6.42 Å². The van der Waals surface area contributed by atoms with E-state index in [0.717, 1.165) is 6.42 Å². The lowest BCUT2D eigenvalue weighted by Crippen LogP contribution is -2.18. The molecule has 0 saturated heterocycles. The van der Waals surface area contributed by atoms with Crippen molar-refractivity contribution in [3.05, 3.63) is 54.1 Å². The SMILES string of the molecule is CC(Cc1ccccc1)Nc1ccc(O)cc1O. The molecule has 0 spiro atoms. The fourth-order valence-electron chi connectivity index (χ4n) is 1.93. The van der Waals surface area contributed by atoms with Crippen LogP contribution >= 0.6 is 0 Å². The smallest absolute Gasteiger partial charge is 0.142 e. The van der Waals surface area contributed by atoms with Crippen molar-refractivity contribution in [2.45, 2.75) is 19.4 Å². The molecule has 94 valence electrons. The Morgan fingerprint density at radius 1 is 1.06 bits per heavy atom. The molecule has 0 fully saturated rings. The number of hydrogen-bond acceptors (Lipinski definition) is 3. The van der Waals surface area contributed by atoms with Crippen molar-refractivity contribution in [2.75, 3.05) is 5.32 Å². The monoisotopic (exact) mass is 243 g/mol. The van der Waals surface area contributed by atoms with Crippen molar-refractivity contribution < 1.29 is 10.2 Å². The number of phenolic OH excluding ortho intramolecular Hbond substituents is 2. The van der Waals surface area contributed by atoms with Crippen molar-refractivity contribution >= 4 is 5.69 Å². The fraction of sp³-hybridized carbons (Fsp3) is 0.200. The van der Waals surface area contributed by atoms with Crippen molar-refractivity contribution in [2.24, 2.45) is 0 Å². The average Bonchev–Trinajstić information content (AvgIpc) is 2.34. The maximum absolute atomic E-state index is 9.68. The summed E-state index contributed by atoms with van der Waals surface area (Å²) in [5, 5.41) is 22.1. The second-order valence-corrected chi connectivity index (χ2v) is 4.44. The van der Waals surface area contributed by atoms with Gasteiger partial charge in [-0.05, 0) is 31.0 Å². The first-order valence-corrected chi connectivity index (χ1v) is 5.97. The van der Waals surface area contributed by atoms with Gasteiger partial charge in [-0.25, -0.2) is 0 Å². The van der Waals surface area contributed by atoms with E-state index in [9.17, 15) is 10.2 Å². The highest BCUT2D eigenvalue weighted by atomic mass is 16.3. The second-order valence-electron chi connectivity index (χ2n) is 4.44. The first-order chi connectivity index (χ1) is 8.65. The van der Waals surface area contributed by atoms with Gasteiger partial charge < -0.3 is 15.5 Å². The van der Waals surface area contributed by atoms with Gasteiger partial charge in [0.15, 0.2) is 0 Å². The van der Waals surface area contributed by atoms with Gasteiger partial charge in [-0.15, -0.1) is 0 Å². The highest BCUT2D eigenvalue weighted by Gasteiger charge is 2.07. The third kappa shape index (κ3) is 3.17. The number of nitrogens with one attached hydrogen (secondary N) is 1. The maximum atomic E-state index is 9.68. The largest absolute Gasteiger partial charge is 0.508 e. The molecule has 18 heavy (non-hydrogen) atoms. The second kappa shape index (κ2) is 5.45. The molecule has 0 aliphatic carbocycles. The quantitative estimate of drug-likeness (QED) is 0.571. The van der Waals surface area contributed by atoms with Gasteiger partial charge in [-0.1, -0.05) is 30.3 Å². The Hall–Kier alpha value is -2.16. The number of hydrogen-bond donors (Lipinski definition) is 3. The lowest BCUT2D eigenvalue weighted by Gasteiger charge is -2.16. The Morgan fingerprint density at radius 3 is 2.44 bits per heavy atom. The average molecular weight is 243 g/mol. The summed E-state index contributed by atoms with van der Waals surface area (Å²) in [6.07, 6.45) is 0.876. The molecule has 0 amide bonds. The van der Waals surface area contributed by atoms with Crippen LogP contribution in [0.15, 0.2) is 48.5 Å². The first-order valence-electron chi connectivity index (χ1n) is 5.97. The first kappa shape index (κ1) is 12.3. The number of phenols is 2. The molecule has 3 N–H and O–H groups in total. The minimum absolute atomic E-state index is 0.0637. The molecule has 2 rings (SSSR count). The van der Waals surface area contributed by atoms with Gasteiger partial charge in [0.05, 0.1) is 5.69 Å². The predicted molar refractivity (Wildman–Crippen MR) is 73.0 cm³/mol. The fourth-order valence-corrected chi connectivity index (χ4v) is 1.93. The number of benzene rings is 2. The van der Waals surface area contributed by atoms with Crippen LogP contribution in [0.5, 0.6) is 11.5 Å². The molecule has 1 unspecified atom stereocenters. The molecule has 1 atom stereocenters. The molecule has 0 saturated carbocycles. The summed E-state index contributed by atoms with van der Waals surface area (Å²) in [5.41, 5.74) is 1.88. The van der Waals surface area contributed by atoms with E-state index in [2.05, 4.69) is 24.4 Å². The van der Waals surface area contributed by atoms with Crippen LogP contribution in [0.4, 0.5) is 5.69 Å². The third-order valence-electron chi connectivity index (χ3n) is 2.77. The van der Waals surface area contributed by atoms with Crippen molar-refractivity contribution in [3.8, 4) is 11.5 Å². The van der Waals surface area contributed by atoms with Crippen LogP contribution in [0.2, 0.25) is 0 Å². The molecule has 0 aliphatic heterocycles. The van der Waals surface area contributed by atoms with E-state index in [0.29, 0.717) is 5.69 Å². The van der Waals surface area contributed by atoms with Gasteiger partial charge in [0.25, 0.3) is 0 Å². The van der Waals surface area contributed by atoms with Crippen molar-refractivity contribution in [1.29, 1.82) is 0 Å². The molecule has 2 aromatic rings. The zero-order valence-corrected chi connectivity index (χ0v) is 10.3. The minimum Gasteiger partial charge on any atom is -0.508 e. The summed E-state index contributed by atoms with van der Waals surface area (Å²) in [7, 11) is 0. The zero-order chi connectivity index (χ0) is 13.0. The Morgan fingerprint density at radius 2 is 1.78 bits per heavy atom. The van der Waals surface area contributed by atoms with E-state index >= 15 is 0 Å². The summed E-state index contributed by atoms with van der Waals surface area (Å²) in [4.78, 5) is 0. The van der Waals surface area contributed by atoms with Crippen LogP contribution in [0, 0.1) is 0 Å².